The predicted molar refractivity (Wildman–Crippen MR) is 67.1 cm³/mol. The van der Waals surface area contributed by atoms with Crippen LogP contribution < -0.4 is 11.1 Å². The van der Waals surface area contributed by atoms with Crippen LogP contribution in [0.15, 0.2) is 0 Å². The molecule has 0 bridgehead atoms. The van der Waals surface area contributed by atoms with Crippen LogP contribution in [0.3, 0.4) is 0 Å². The zero-order valence-corrected chi connectivity index (χ0v) is 10.9. The number of hydrogen-bond acceptors (Lipinski definition) is 2. The third-order valence-electron chi connectivity index (χ3n) is 3.24. The first kappa shape index (κ1) is 13.5. The van der Waals surface area contributed by atoms with Crippen LogP contribution in [0.1, 0.15) is 59.3 Å². The highest BCUT2D eigenvalue weighted by molar-refractivity contribution is 5.76. The number of nitrogens with two attached hydrogens (primary N) is 1. The molecule has 0 spiro atoms. The molecule has 0 aromatic rings. The number of carbonyl (C=O) groups excluding carboxylic acids is 1. The molecule has 1 fully saturated rings. The number of hydrogen-bond donors (Lipinski definition) is 2. The van der Waals surface area contributed by atoms with E-state index in [9.17, 15) is 4.79 Å². The van der Waals surface area contributed by atoms with Gasteiger partial charge in [-0.05, 0) is 37.5 Å². The molecule has 1 rings (SSSR count). The summed E-state index contributed by atoms with van der Waals surface area (Å²) in [4.78, 5) is 11.7. The summed E-state index contributed by atoms with van der Waals surface area (Å²) in [6.07, 6.45) is 5.77. The minimum atomic E-state index is 0.204. The zero-order valence-electron chi connectivity index (χ0n) is 10.9. The van der Waals surface area contributed by atoms with Gasteiger partial charge < -0.3 is 11.1 Å². The second-order valence-electron chi connectivity index (χ2n) is 6.24. The first-order valence-corrected chi connectivity index (χ1v) is 6.42. The Labute approximate surface area is 99.2 Å². The van der Waals surface area contributed by atoms with Crippen LogP contribution in [0.5, 0.6) is 0 Å². The standard InChI is InChI=1S/C13H26N2O/c1-13(2,3)9-8-12(16)15-11-6-4-10(14)5-7-11/h10-11H,4-9,14H2,1-3H3,(H,15,16). The van der Waals surface area contributed by atoms with Gasteiger partial charge in [-0.1, -0.05) is 20.8 Å². The van der Waals surface area contributed by atoms with E-state index in [1.54, 1.807) is 0 Å². The molecule has 0 atom stereocenters. The molecule has 94 valence electrons. The third kappa shape index (κ3) is 5.50. The fourth-order valence-electron chi connectivity index (χ4n) is 2.05. The fraction of sp³-hybridized carbons (Fsp3) is 0.923. The maximum atomic E-state index is 11.7. The van der Waals surface area contributed by atoms with Crippen LogP contribution in [-0.4, -0.2) is 18.0 Å². The Morgan fingerprint density at radius 3 is 2.31 bits per heavy atom. The lowest BCUT2D eigenvalue weighted by molar-refractivity contribution is -0.122. The average molecular weight is 226 g/mol. The second-order valence-corrected chi connectivity index (χ2v) is 6.24. The van der Waals surface area contributed by atoms with Gasteiger partial charge in [-0.2, -0.15) is 0 Å². The second kappa shape index (κ2) is 5.67. The van der Waals surface area contributed by atoms with Gasteiger partial charge in [-0.15, -0.1) is 0 Å². The van der Waals surface area contributed by atoms with Crippen molar-refractivity contribution in [2.75, 3.05) is 0 Å². The minimum Gasteiger partial charge on any atom is -0.353 e. The van der Waals surface area contributed by atoms with E-state index in [4.69, 9.17) is 5.73 Å². The summed E-state index contributed by atoms with van der Waals surface area (Å²) in [6.45, 7) is 6.50. The Bertz CT molecular complexity index is 225. The summed E-state index contributed by atoms with van der Waals surface area (Å²) >= 11 is 0. The first-order valence-electron chi connectivity index (χ1n) is 6.42. The third-order valence-corrected chi connectivity index (χ3v) is 3.24. The topological polar surface area (TPSA) is 55.1 Å². The van der Waals surface area contributed by atoms with E-state index in [-0.39, 0.29) is 11.3 Å². The van der Waals surface area contributed by atoms with Gasteiger partial charge in [0.1, 0.15) is 0 Å². The van der Waals surface area contributed by atoms with Crippen molar-refractivity contribution in [3.63, 3.8) is 0 Å². The maximum absolute atomic E-state index is 11.7. The highest BCUT2D eigenvalue weighted by Crippen LogP contribution is 2.21. The molecule has 0 unspecified atom stereocenters. The van der Waals surface area contributed by atoms with Gasteiger partial charge in [-0.25, -0.2) is 0 Å². The molecule has 3 nitrogen and oxygen atoms in total. The molecular formula is C13H26N2O. The highest BCUT2D eigenvalue weighted by atomic mass is 16.1. The summed E-state index contributed by atoms with van der Waals surface area (Å²) in [7, 11) is 0. The fourth-order valence-corrected chi connectivity index (χ4v) is 2.05. The van der Waals surface area contributed by atoms with Crippen molar-refractivity contribution < 1.29 is 4.79 Å². The van der Waals surface area contributed by atoms with Gasteiger partial charge in [0.05, 0.1) is 0 Å². The molecule has 1 aliphatic rings. The zero-order chi connectivity index (χ0) is 12.2. The van der Waals surface area contributed by atoms with E-state index in [0.29, 0.717) is 18.5 Å². The van der Waals surface area contributed by atoms with E-state index in [1.807, 2.05) is 0 Å². The maximum Gasteiger partial charge on any atom is 0.220 e. The molecule has 1 aliphatic carbocycles. The van der Waals surface area contributed by atoms with E-state index in [0.717, 1.165) is 32.1 Å². The van der Waals surface area contributed by atoms with Gasteiger partial charge in [0, 0.05) is 18.5 Å². The van der Waals surface area contributed by atoms with E-state index >= 15 is 0 Å². The lowest BCUT2D eigenvalue weighted by Crippen LogP contribution is -2.40. The molecule has 0 heterocycles. The van der Waals surface area contributed by atoms with Crippen molar-refractivity contribution in [3.8, 4) is 0 Å². The summed E-state index contributed by atoms with van der Waals surface area (Å²) < 4.78 is 0. The highest BCUT2D eigenvalue weighted by Gasteiger charge is 2.20. The van der Waals surface area contributed by atoms with Gasteiger partial charge >= 0.3 is 0 Å². The van der Waals surface area contributed by atoms with E-state index in [1.165, 1.54) is 0 Å². The summed E-state index contributed by atoms with van der Waals surface area (Å²) in [5.41, 5.74) is 6.07. The van der Waals surface area contributed by atoms with Gasteiger partial charge in [0.15, 0.2) is 0 Å². The van der Waals surface area contributed by atoms with Crippen molar-refractivity contribution in [2.24, 2.45) is 11.1 Å². The quantitative estimate of drug-likeness (QED) is 0.775. The minimum absolute atomic E-state index is 0.204. The van der Waals surface area contributed by atoms with Gasteiger partial charge in [-0.3, -0.25) is 4.79 Å². The van der Waals surface area contributed by atoms with E-state index in [2.05, 4.69) is 26.1 Å². The largest absolute Gasteiger partial charge is 0.353 e. The summed E-state index contributed by atoms with van der Waals surface area (Å²) in [5, 5.41) is 3.12. The van der Waals surface area contributed by atoms with Crippen molar-refractivity contribution in [1.82, 2.24) is 5.32 Å². The number of nitrogens with one attached hydrogen (secondary N) is 1. The average Bonchev–Trinajstić information content (AvgIpc) is 2.18. The Kier molecular flexibility index (Phi) is 4.78. The van der Waals surface area contributed by atoms with Crippen LogP contribution in [0.4, 0.5) is 0 Å². The van der Waals surface area contributed by atoms with Crippen molar-refractivity contribution >= 4 is 5.91 Å². The molecule has 1 saturated carbocycles. The molecule has 3 heteroatoms. The van der Waals surface area contributed by atoms with Crippen LogP contribution >= 0.6 is 0 Å². The smallest absolute Gasteiger partial charge is 0.220 e. The predicted octanol–water partition coefficient (Wildman–Crippen LogP) is 2.20. The van der Waals surface area contributed by atoms with Gasteiger partial charge in [0.25, 0.3) is 0 Å². The lowest BCUT2D eigenvalue weighted by atomic mass is 9.89. The Hall–Kier alpha value is -0.570. The molecule has 1 amide bonds. The van der Waals surface area contributed by atoms with E-state index < -0.39 is 0 Å². The molecular weight excluding hydrogens is 200 g/mol. The number of amides is 1. The Morgan fingerprint density at radius 1 is 1.25 bits per heavy atom. The summed E-state index contributed by atoms with van der Waals surface area (Å²) in [5.74, 6) is 0.204. The molecule has 0 radical (unpaired) electrons. The Balaban J connectivity index is 2.19. The van der Waals surface area contributed by atoms with Crippen molar-refractivity contribution in [3.05, 3.63) is 0 Å². The number of carbonyl (C=O) groups is 1. The van der Waals surface area contributed by atoms with Crippen LogP contribution in [0, 0.1) is 5.41 Å². The lowest BCUT2D eigenvalue weighted by Gasteiger charge is -2.27. The molecule has 0 aromatic carbocycles. The summed E-state index contributed by atoms with van der Waals surface area (Å²) in [6, 6.07) is 0.718. The SMILES string of the molecule is CC(C)(C)CCC(=O)NC1CCC(N)CC1. The van der Waals surface area contributed by atoms with Crippen molar-refractivity contribution in [1.29, 1.82) is 0 Å². The molecule has 0 aromatic heterocycles. The number of rotatable bonds is 3. The van der Waals surface area contributed by atoms with Crippen LogP contribution in [0.2, 0.25) is 0 Å². The monoisotopic (exact) mass is 226 g/mol. The Morgan fingerprint density at radius 2 is 1.81 bits per heavy atom. The molecule has 16 heavy (non-hydrogen) atoms. The normalized spacial score (nSPS) is 26.5. The molecule has 0 aliphatic heterocycles. The first-order chi connectivity index (χ1) is 7.37. The molecule has 3 N–H and O–H groups in total. The van der Waals surface area contributed by atoms with Gasteiger partial charge in [0.2, 0.25) is 5.91 Å². The van der Waals surface area contributed by atoms with Crippen LogP contribution in [0.25, 0.3) is 0 Å². The van der Waals surface area contributed by atoms with Crippen LogP contribution in [-0.2, 0) is 4.79 Å². The van der Waals surface area contributed by atoms with Crippen molar-refractivity contribution in [2.45, 2.75) is 71.4 Å². The molecule has 0 saturated heterocycles.